The Morgan fingerprint density at radius 3 is 2.68 bits per heavy atom. The van der Waals surface area contributed by atoms with Gasteiger partial charge in [0.05, 0.1) is 21.3 Å². The molecule has 0 aliphatic heterocycles. The van der Waals surface area contributed by atoms with Crippen molar-refractivity contribution in [1.29, 1.82) is 0 Å². The average molecular weight is 377 g/mol. The first-order valence-electron chi connectivity index (χ1n) is 5.16. The molecular weight excluding hydrogens is 369 g/mol. The Morgan fingerprint density at radius 1 is 1.26 bits per heavy atom. The van der Waals surface area contributed by atoms with Gasteiger partial charge in [-0.3, -0.25) is 0 Å². The lowest BCUT2D eigenvalue weighted by molar-refractivity contribution is 1.30. The molecule has 0 atom stereocenters. The van der Waals surface area contributed by atoms with Crippen molar-refractivity contribution in [3.05, 3.63) is 50.5 Å². The van der Waals surface area contributed by atoms with Crippen LogP contribution < -0.4 is 11.1 Å². The number of hydrogen-bond acceptors (Lipinski definition) is 3. The highest BCUT2D eigenvalue weighted by atomic mass is 79.9. The molecule has 3 nitrogen and oxygen atoms in total. The molecule has 1 aromatic heterocycles. The summed E-state index contributed by atoms with van der Waals surface area (Å²) >= 11 is 20.5. The highest BCUT2D eigenvalue weighted by Crippen LogP contribution is 2.37. The molecule has 0 spiro atoms. The highest BCUT2D eigenvalue weighted by Gasteiger charge is 2.11. The fraction of sp³-hybridized carbons (Fsp3) is 0. The minimum Gasteiger partial charge on any atom is -0.389 e. The van der Waals surface area contributed by atoms with Crippen molar-refractivity contribution in [2.75, 3.05) is 5.32 Å². The van der Waals surface area contributed by atoms with Crippen LogP contribution in [0.4, 0.5) is 11.5 Å². The molecule has 2 rings (SSSR count). The maximum atomic E-state index is 6.16. The minimum absolute atomic E-state index is 0.259. The lowest BCUT2D eigenvalue weighted by atomic mass is 10.2. The molecule has 0 fully saturated rings. The van der Waals surface area contributed by atoms with E-state index in [0.29, 0.717) is 27.1 Å². The summed E-state index contributed by atoms with van der Waals surface area (Å²) in [7, 11) is 0. The van der Waals surface area contributed by atoms with E-state index in [1.54, 1.807) is 30.5 Å². The van der Waals surface area contributed by atoms with Crippen LogP contribution in [0.15, 0.2) is 34.9 Å². The normalized spacial score (nSPS) is 10.3. The van der Waals surface area contributed by atoms with Crippen LogP contribution in [0.5, 0.6) is 0 Å². The van der Waals surface area contributed by atoms with Gasteiger partial charge in [-0.05, 0) is 40.2 Å². The molecule has 19 heavy (non-hydrogen) atoms. The van der Waals surface area contributed by atoms with E-state index in [-0.39, 0.29) is 4.99 Å². The van der Waals surface area contributed by atoms with Gasteiger partial charge in [-0.1, -0.05) is 35.4 Å². The molecule has 0 radical (unpaired) electrons. The number of halogens is 3. The zero-order chi connectivity index (χ0) is 14.0. The van der Waals surface area contributed by atoms with Crippen LogP contribution in [0.3, 0.4) is 0 Å². The predicted molar refractivity (Wildman–Crippen MR) is 87.6 cm³/mol. The summed E-state index contributed by atoms with van der Waals surface area (Å²) in [4.78, 5) is 4.46. The lowest BCUT2D eigenvalue weighted by Crippen LogP contribution is -2.12. The molecule has 0 unspecified atom stereocenters. The lowest BCUT2D eigenvalue weighted by Gasteiger charge is -2.12. The zero-order valence-corrected chi connectivity index (χ0v) is 13.4. The van der Waals surface area contributed by atoms with Gasteiger partial charge in [0.1, 0.15) is 10.8 Å². The summed E-state index contributed by atoms with van der Waals surface area (Å²) in [5, 5.41) is 3.90. The Bertz CT molecular complexity index is 649. The van der Waals surface area contributed by atoms with Crippen molar-refractivity contribution in [3.8, 4) is 0 Å². The van der Waals surface area contributed by atoms with E-state index in [4.69, 9.17) is 41.2 Å². The number of hydrogen-bond donors (Lipinski definition) is 2. The topological polar surface area (TPSA) is 50.9 Å². The summed E-state index contributed by atoms with van der Waals surface area (Å²) in [6.07, 6.45) is 1.64. The SMILES string of the molecule is NC(=S)c1cccnc1Nc1ccc(Br)c(Cl)c1Cl. The van der Waals surface area contributed by atoms with Gasteiger partial charge in [0.2, 0.25) is 0 Å². The Labute approximate surface area is 134 Å². The van der Waals surface area contributed by atoms with Crippen molar-refractivity contribution in [3.63, 3.8) is 0 Å². The van der Waals surface area contributed by atoms with E-state index in [9.17, 15) is 0 Å². The fourth-order valence-corrected chi connectivity index (χ4v) is 2.44. The average Bonchev–Trinajstić information content (AvgIpc) is 2.40. The first-order valence-corrected chi connectivity index (χ1v) is 7.11. The Kier molecular flexibility index (Phi) is 4.62. The molecule has 0 aliphatic rings. The Hall–Kier alpha value is -0.880. The summed E-state index contributed by atoms with van der Waals surface area (Å²) in [5.74, 6) is 0.537. The van der Waals surface area contributed by atoms with Gasteiger partial charge < -0.3 is 11.1 Å². The van der Waals surface area contributed by atoms with E-state index in [1.165, 1.54) is 0 Å². The largest absolute Gasteiger partial charge is 0.389 e. The first-order chi connectivity index (χ1) is 9.00. The van der Waals surface area contributed by atoms with Gasteiger partial charge in [-0.25, -0.2) is 4.98 Å². The summed E-state index contributed by atoms with van der Waals surface area (Å²) < 4.78 is 0.723. The van der Waals surface area contributed by atoms with E-state index in [1.807, 2.05) is 0 Å². The third-order valence-corrected chi connectivity index (χ3v) is 4.35. The number of nitrogens with zero attached hydrogens (tertiary/aromatic N) is 1. The minimum atomic E-state index is 0.259. The Balaban J connectivity index is 2.42. The van der Waals surface area contributed by atoms with Crippen molar-refractivity contribution < 1.29 is 0 Å². The number of anilines is 2. The molecule has 0 saturated carbocycles. The van der Waals surface area contributed by atoms with E-state index >= 15 is 0 Å². The van der Waals surface area contributed by atoms with Crippen LogP contribution in [0.25, 0.3) is 0 Å². The first kappa shape index (κ1) is 14.5. The van der Waals surface area contributed by atoms with Crippen molar-refractivity contribution in [1.82, 2.24) is 4.98 Å². The van der Waals surface area contributed by atoms with Gasteiger partial charge in [0.15, 0.2) is 0 Å². The molecule has 0 saturated heterocycles. The second kappa shape index (κ2) is 6.05. The number of pyridine rings is 1. The zero-order valence-electron chi connectivity index (χ0n) is 9.45. The molecule has 3 N–H and O–H groups in total. The second-order valence-electron chi connectivity index (χ2n) is 3.61. The Morgan fingerprint density at radius 2 is 2.00 bits per heavy atom. The standard InChI is InChI=1S/C12H8BrCl2N3S/c13-7-3-4-8(10(15)9(7)14)18-12-6(11(16)19)2-1-5-17-12/h1-5H,(H2,16,19)(H,17,18). The third kappa shape index (κ3) is 3.17. The molecule has 0 aliphatic carbocycles. The maximum Gasteiger partial charge on any atom is 0.140 e. The smallest absolute Gasteiger partial charge is 0.140 e. The van der Waals surface area contributed by atoms with Gasteiger partial charge in [0.25, 0.3) is 0 Å². The predicted octanol–water partition coefficient (Wildman–Crippen LogP) is 4.53. The second-order valence-corrected chi connectivity index (χ2v) is 5.66. The van der Waals surface area contributed by atoms with Crippen LogP contribution in [-0.4, -0.2) is 9.97 Å². The van der Waals surface area contributed by atoms with Crippen LogP contribution in [0.1, 0.15) is 5.56 Å². The number of nitrogens with one attached hydrogen (secondary N) is 1. The molecule has 98 valence electrons. The number of rotatable bonds is 3. The molecule has 0 amide bonds. The van der Waals surface area contributed by atoms with Crippen LogP contribution in [0, 0.1) is 0 Å². The molecular formula is C12H8BrCl2N3S. The monoisotopic (exact) mass is 375 g/mol. The molecule has 1 heterocycles. The van der Waals surface area contributed by atoms with Crippen LogP contribution >= 0.6 is 51.3 Å². The summed E-state index contributed by atoms with van der Waals surface area (Å²) in [6, 6.07) is 7.12. The molecule has 0 bridgehead atoms. The number of nitrogens with two attached hydrogens (primary N) is 1. The van der Waals surface area contributed by atoms with Crippen LogP contribution in [-0.2, 0) is 0 Å². The van der Waals surface area contributed by atoms with Crippen molar-refractivity contribution in [2.45, 2.75) is 0 Å². The highest BCUT2D eigenvalue weighted by molar-refractivity contribution is 9.10. The number of benzene rings is 1. The van der Waals surface area contributed by atoms with E-state index in [2.05, 4.69) is 26.2 Å². The molecule has 1 aromatic carbocycles. The van der Waals surface area contributed by atoms with Gasteiger partial charge in [-0.2, -0.15) is 0 Å². The van der Waals surface area contributed by atoms with Crippen LogP contribution in [0.2, 0.25) is 10.0 Å². The molecule has 7 heteroatoms. The summed E-state index contributed by atoms with van der Waals surface area (Å²) in [6.45, 7) is 0. The third-order valence-electron chi connectivity index (χ3n) is 2.36. The summed E-state index contributed by atoms with van der Waals surface area (Å²) in [5.41, 5.74) is 6.92. The van der Waals surface area contributed by atoms with E-state index < -0.39 is 0 Å². The number of aromatic nitrogens is 1. The fourth-order valence-electron chi connectivity index (χ4n) is 1.45. The number of thiocarbonyl (C=S) groups is 1. The van der Waals surface area contributed by atoms with Gasteiger partial charge in [0, 0.05) is 10.7 Å². The maximum absolute atomic E-state index is 6.16. The van der Waals surface area contributed by atoms with E-state index in [0.717, 1.165) is 4.47 Å². The quantitative estimate of drug-likeness (QED) is 0.610. The molecule has 2 aromatic rings. The van der Waals surface area contributed by atoms with Crippen molar-refractivity contribution in [2.24, 2.45) is 5.73 Å². The van der Waals surface area contributed by atoms with Crippen molar-refractivity contribution >= 4 is 67.8 Å². The van der Waals surface area contributed by atoms with Gasteiger partial charge in [-0.15, -0.1) is 0 Å². The van der Waals surface area contributed by atoms with Gasteiger partial charge >= 0.3 is 0 Å².